The highest BCUT2D eigenvalue weighted by molar-refractivity contribution is 9.10. The van der Waals surface area contributed by atoms with E-state index in [1.54, 1.807) is 0 Å². The van der Waals surface area contributed by atoms with Crippen molar-refractivity contribution < 1.29 is 4.74 Å². The van der Waals surface area contributed by atoms with E-state index in [0.29, 0.717) is 13.2 Å². The Hall–Kier alpha value is -1.03. The maximum Gasteiger partial charge on any atom is 0.0732 e. The first-order valence-electron chi connectivity index (χ1n) is 6.07. The summed E-state index contributed by atoms with van der Waals surface area (Å²) in [5.41, 5.74) is 2.09. The molecule has 0 radical (unpaired) electrons. The Balaban J connectivity index is 1.71. The van der Waals surface area contributed by atoms with Gasteiger partial charge in [-0.1, -0.05) is 41.9 Å². The van der Waals surface area contributed by atoms with Gasteiger partial charge in [0.2, 0.25) is 0 Å². The molecular formula is C15H15BrClNO. The smallest absolute Gasteiger partial charge is 0.0732 e. The summed E-state index contributed by atoms with van der Waals surface area (Å²) in [4.78, 5) is 0. The Labute approximate surface area is 126 Å². The van der Waals surface area contributed by atoms with Crippen molar-refractivity contribution in [2.75, 3.05) is 18.5 Å². The molecule has 0 amide bonds. The van der Waals surface area contributed by atoms with Gasteiger partial charge in [-0.3, -0.25) is 0 Å². The third-order valence-corrected chi connectivity index (χ3v) is 3.71. The average Bonchev–Trinajstić information content (AvgIpc) is 2.42. The topological polar surface area (TPSA) is 21.3 Å². The Morgan fingerprint density at radius 3 is 2.58 bits per heavy atom. The first kappa shape index (κ1) is 14.4. The van der Waals surface area contributed by atoms with E-state index in [1.165, 1.54) is 0 Å². The molecule has 2 rings (SSSR count). The molecule has 0 unspecified atom stereocenters. The highest BCUT2D eigenvalue weighted by atomic mass is 79.9. The minimum atomic E-state index is 0.539. The number of hydrogen-bond acceptors (Lipinski definition) is 2. The molecular weight excluding hydrogens is 326 g/mol. The van der Waals surface area contributed by atoms with Crippen LogP contribution in [0.3, 0.4) is 0 Å². The van der Waals surface area contributed by atoms with E-state index < -0.39 is 0 Å². The number of anilines is 1. The first-order chi connectivity index (χ1) is 9.27. The van der Waals surface area contributed by atoms with Crippen LogP contribution in [0.4, 0.5) is 5.69 Å². The van der Waals surface area contributed by atoms with Crippen LogP contribution in [-0.4, -0.2) is 13.2 Å². The monoisotopic (exact) mass is 339 g/mol. The van der Waals surface area contributed by atoms with Crippen LogP contribution >= 0.6 is 27.5 Å². The van der Waals surface area contributed by atoms with E-state index in [1.807, 2.05) is 48.5 Å². The number of rotatable bonds is 6. The number of benzene rings is 2. The molecule has 0 saturated carbocycles. The molecule has 100 valence electrons. The van der Waals surface area contributed by atoms with E-state index in [9.17, 15) is 0 Å². The van der Waals surface area contributed by atoms with Crippen LogP contribution in [0.1, 0.15) is 5.56 Å². The molecule has 4 heteroatoms. The van der Waals surface area contributed by atoms with Crippen LogP contribution in [0.25, 0.3) is 0 Å². The third kappa shape index (κ3) is 4.53. The van der Waals surface area contributed by atoms with Crippen LogP contribution in [-0.2, 0) is 11.3 Å². The van der Waals surface area contributed by atoms with Gasteiger partial charge in [0.25, 0.3) is 0 Å². The van der Waals surface area contributed by atoms with Gasteiger partial charge in [0.05, 0.1) is 13.2 Å². The Morgan fingerprint density at radius 2 is 1.79 bits per heavy atom. The predicted octanol–water partition coefficient (Wildman–Crippen LogP) is 4.73. The predicted molar refractivity (Wildman–Crippen MR) is 83.7 cm³/mol. The van der Waals surface area contributed by atoms with Gasteiger partial charge in [0, 0.05) is 21.7 Å². The van der Waals surface area contributed by atoms with Gasteiger partial charge < -0.3 is 10.1 Å². The molecule has 2 nitrogen and oxygen atoms in total. The molecule has 0 atom stereocenters. The van der Waals surface area contributed by atoms with E-state index in [4.69, 9.17) is 16.3 Å². The highest BCUT2D eigenvalue weighted by Crippen LogP contribution is 2.20. The quantitative estimate of drug-likeness (QED) is 0.768. The fourth-order valence-corrected chi connectivity index (χ4v) is 2.28. The lowest BCUT2D eigenvalue weighted by molar-refractivity contribution is 0.130. The van der Waals surface area contributed by atoms with E-state index in [2.05, 4.69) is 21.2 Å². The Morgan fingerprint density at radius 1 is 1.05 bits per heavy atom. The summed E-state index contributed by atoms with van der Waals surface area (Å²) in [6.45, 7) is 1.93. The number of hydrogen-bond donors (Lipinski definition) is 1. The van der Waals surface area contributed by atoms with Gasteiger partial charge in [0.1, 0.15) is 0 Å². The summed E-state index contributed by atoms with van der Waals surface area (Å²) in [6, 6.07) is 15.7. The van der Waals surface area contributed by atoms with E-state index in [-0.39, 0.29) is 0 Å². The summed E-state index contributed by atoms with van der Waals surface area (Å²) in [5, 5.41) is 4.06. The lowest BCUT2D eigenvalue weighted by atomic mass is 10.2. The van der Waals surface area contributed by atoms with Gasteiger partial charge in [-0.25, -0.2) is 0 Å². The zero-order valence-electron chi connectivity index (χ0n) is 10.4. The lowest BCUT2D eigenvalue weighted by Gasteiger charge is -2.09. The highest BCUT2D eigenvalue weighted by Gasteiger charge is 1.99. The van der Waals surface area contributed by atoms with Crippen molar-refractivity contribution in [3.63, 3.8) is 0 Å². The van der Waals surface area contributed by atoms with Crippen LogP contribution in [0.2, 0.25) is 5.02 Å². The van der Waals surface area contributed by atoms with Crippen molar-refractivity contribution in [1.29, 1.82) is 0 Å². The van der Waals surface area contributed by atoms with Crippen molar-refractivity contribution in [1.82, 2.24) is 0 Å². The van der Waals surface area contributed by atoms with Crippen molar-refractivity contribution in [2.45, 2.75) is 6.61 Å². The van der Waals surface area contributed by atoms with Crippen molar-refractivity contribution in [3.8, 4) is 0 Å². The zero-order valence-corrected chi connectivity index (χ0v) is 12.7. The summed E-state index contributed by atoms with van der Waals surface area (Å²) < 4.78 is 6.66. The number of nitrogens with one attached hydrogen (secondary N) is 1. The third-order valence-electron chi connectivity index (χ3n) is 2.65. The molecule has 19 heavy (non-hydrogen) atoms. The fourth-order valence-electron chi connectivity index (χ4n) is 1.66. The van der Waals surface area contributed by atoms with Crippen LogP contribution < -0.4 is 5.32 Å². The lowest BCUT2D eigenvalue weighted by Crippen LogP contribution is -2.09. The molecule has 0 aliphatic carbocycles. The average molecular weight is 341 g/mol. The van der Waals surface area contributed by atoms with Crippen LogP contribution in [0, 0.1) is 0 Å². The molecule has 0 fully saturated rings. The number of para-hydroxylation sites is 1. The Bertz CT molecular complexity index is 486. The minimum absolute atomic E-state index is 0.539. The van der Waals surface area contributed by atoms with Gasteiger partial charge in [-0.05, 0) is 39.7 Å². The maximum absolute atomic E-state index is 6.05. The van der Waals surface area contributed by atoms with Crippen molar-refractivity contribution in [3.05, 3.63) is 63.6 Å². The van der Waals surface area contributed by atoms with Gasteiger partial charge in [-0.2, -0.15) is 0 Å². The summed E-state index contributed by atoms with van der Waals surface area (Å²) in [5.74, 6) is 0. The second kappa shape index (κ2) is 7.53. The number of halogens is 2. The molecule has 2 aromatic carbocycles. The standard InChI is InChI=1S/C15H15BrClNO/c16-13-6-2-4-8-15(13)18-9-10-19-11-12-5-1-3-7-14(12)17/h1-8,18H,9-11H2. The second-order valence-corrected chi connectivity index (χ2v) is 5.31. The van der Waals surface area contributed by atoms with Crippen molar-refractivity contribution >= 4 is 33.2 Å². The molecule has 0 aliphatic heterocycles. The second-order valence-electron chi connectivity index (χ2n) is 4.05. The van der Waals surface area contributed by atoms with Gasteiger partial charge in [0.15, 0.2) is 0 Å². The molecule has 1 N–H and O–H groups in total. The SMILES string of the molecule is Clc1ccccc1COCCNc1ccccc1Br. The molecule has 0 spiro atoms. The van der Waals surface area contributed by atoms with Crippen molar-refractivity contribution in [2.24, 2.45) is 0 Å². The van der Waals surface area contributed by atoms with Gasteiger partial charge in [-0.15, -0.1) is 0 Å². The van der Waals surface area contributed by atoms with E-state index >= 15 is 0 Å². The summed E-state index contributed by atoms with van der Waals surface area (Å²) >= 11 is 9.54. The normalized spacial score (nSPS) is 10.4. The first-order valence-corrected chi connectivity index (χ1v) is 7.24. The zero-order chi connectivity index (χ0) is 13.5. The summed E-state index contributed by atoms with van der Waals surface area (Å²) in [6.07, 6.45) is 0. The Kier molecular flexibility index (Phi) is 5.70. The van der Waals surface area contributed by atoms with E-state index in [0.717, 1.165) is 27.3 Å². The molecule has 0 aliphatic rings. The number of ether oxygens (including phenoxy) is 1. The molecule has 0 heterocycles. The minimum Gasteiger partial charge on any atom is -0.382 e. The van der Waals surface area contributed by atoms with Crippen LogP contribution in [0.15, 0.2) is 53.0 Å². The largest absolute Gasteiger partial charge is 0.382 e. The molecule has 2 aromatic rings. The van der Waals surface area contributed by atoms with Crippen LogP contribution in [0.5, 0.6) is 0 Å². The van der Waals surface area contributed by atoms with Gasteiger partial charge >= 0.3 is 0 Å². The molecule has 0 bridgehead atoms. The maximum atomic E-state index is 6.05. The molecule has 0 aromatic heterocycles. The fraction of sp³-hybridized carbons (Fsp3) is 0.200. The summed E-state index contributed by atoms with van der Waals surface area (Å²) in [7, 11) is 0. The molecule has 0 saturated heterocycles.